The van der Waals surface area contributed by atoms with Crippen molar-refractivity contribution in [3.8, 4) is 0 Å². The van der Waals surface area contributed by atoms with Crippen molar-refractivity contribution in [1.82, 2.24) is 20.0 Å². The summed E-state index contributed by atoms with van der Waals surface area (Å²) in [6, 6.07) is 2.76. The summed E-state index contributed by atoms with van der Waals surface area (Å²) in [5.74, 6) is 0.0347. The Labute approximate surface area is 115 Å². The molecule has 1 heterocycles. The van der Waals surface area contributed by atoms with Crippen LogP contribution in [0.3, 0.4) is 0 Å². The first kappa shape index (κ1) is 14.1. The van der Waals surface area contributed by atoms with Crippen LogP contribution in [0.2, 0.25) is 0 Å². The summed E-state index contributed by atoms with van der Waals surface area (Å²) in [5, 5.41) is 7.67. The molecule has 1 aromatic heterocycles. The third kappa shape index (κ3) is 3.35. The van der Waals surface area contributed by atoms with Gasteiger partial charge in [-0.2, -0.15) is 5.10 Å². The zero-order chi connectivity index (χ0) is 13.8. The van der Waals surface area contributed by atoms with E-state index in [1.165, 1.54) is 0 Å². The molecule has 0 spiro atoms. The van der Waals surface area contributed by atoms with Crippen molar-refractivity contribution in [2.45, 2.75) is 44.7 Å². The normalized spacial score (nSPS) is 23.3. The smallest absolute Gasteiger partial charge is 0.274 e. The molecule has 19 heavy (non-hydrogen) atoms. The zero-order valence-corrected chi connectivity index (χ0v) is 12.1. The molecule has 1 aliphatic carbocycles. The van der Waals surface area contributed by atoms with Crippen molar-refractivity contribution in [2.75, 3.05) is 13.6 Å². The number of nitrogens with one attached hydrogen (secondary N) is 1. The van der Waals surface area contributed by atoms with E-state index in [-0.39, 0.29) is 5.91 Å². The van der Waals surface area contributed by atoms with Crippen LogP contribution in [-0.2, 0) is 7.05 Å². The third-order valence-corrected chi connectivity index (χ3v) is 3.99. The average Bonchev–Trinajstić information content (AvgIpc) is 2.85. The van der Waals surface area contributed by atoms with Crippen LogP contribution in [0.1, 0.15) is 43.1 Å². The van der Waals surface area contributed by atoms with E-state index in [4.69, 9.17) is 0 Å². The highest BCUT2D eigenvalue weighted by Crippen LogP contribution is 2.23. The number of carbonyl (C=O) groups excluding carboxylic acids is 1. The largest absolute Gasteiger partial charge is 0.337 e. The number of aryl methyl sites for hydroxylation is 1. The highest BCUT2D eigenvalue weighted by atomic mass is 16.2. The Balaban J connectivity index is 1.90. The maximum absolute atomic E-state index is 12.3. The van der Waals surface area contributed by atoms with Crippen LogP contribution in [0.25, 0.3) is 0 Å². The molecule has 1 amide bonds. The van der Waals surface area contributed by atoms with Crippen LogP contribution in [0.4, 0.5) is 0 Å². The first-order valence-corrected chi connectivity index (χ1v) is 7.12. The van der Waals surface area contributed by atoms with Crippen molar-refractivity contribution in [1.29, 1.82) is 0 Å². The van der Waals surface area contributed by atoms with Gasteiger partial charge in [0.1, 0.15) is 5.69 Å². The molecule has 2 rings (SSSR count). The zero-order valence-electron chi connectivity index (χ0n) is 12.1. The topological polar surface area (TPSA) is 50.2 Å². The highest BCUT2D eigenvalue weighted by Gasteiger charge is 2.27. The maximum atomic E-state index is 12.3. The van der Waals surface area contributed by atoms with Crippen LogP contribution < -0.4 is 5.32 Å². The van der Waals surface area contributed by atoms with Gasteiger partial charge in [-0.1, -0.05) is 6.92 Å². The summed E-state index contributed by atoms with van der Waals surface area (Å²) in [6.07, 6.45) is 6.26. The SMILES string of the molecule is CCNC1CCC(N(C)C(=O)c2ccn(C)n2)CC1. The Morgan fingerprint density at radius 1 is 1.47 bits per heavy atom. The van der Waals surface area contributed by atoms with Crippen LogP contribution in [-0.4, -0.2) is 46.3 Å². The van der Waals surface area contributed by atoms with Crippen molar-refractivity contribution in [3.63, 3.8) is 0 Å². The molecule has 1 N–H and O–H groups in total. The van der Waals surface area contributed by atoms with Gasteiger partial charge in [0.15, 0.2) is 0 Å². The van der Waals surface area contributed by atoms with Crippen LogP contribution in [0.15, 0.2) is 12.3 Å². The van der Waals surface area contributed by atoms with Crippen LogP contribution in [0.5, 0.6) is 0 Å². The number of nitrogens with zero attached hydrogens (tertiary/aromatic N) is 3. The van der Waals surface area contributed by atoms with Crippen molar-refractivity contribution >= 4 is 5.91 Å². The lowest BCUT2D eigenvalue weighted by Crippen LogP contribution is -2.43. The Hall–Kier alpha value is -1.36. The Morgan fingerprint density at radius 2 is 2.16 bits per heavy atom. The van der Waals surface area contributed by atoms with E-state index in [0.29, 0.717) is 17.8 Å². The third-order valence-electron chi connectivity index (χ3n) is 3.99. The molecule has 0 aliphatic heterocycles. The summed E-state index contributed by atoms with van der Waals surface area (Å²) in [4.78, 5) is 14.2. The molecule has 1 aromatic rings. The molecule has 106 valence electrons. The molecule has 1 aliphatic rings. The number of carbonyl (C=O) groups is 1. The van der Waals surface area contributed by atoms with Gasteiger partial charge in [0.05, 0.1) is 0 Å². The van der Waals surface area contributed by atoms with Gasteiger partial charge in [-0.05, 0) is 38.3 Å². The first-order valence-electron chi connectivity index (χ1n) is 7.12. The molecule has 1 fully saturated rings. The van der Waals surface area contributed by atoms with E-state index in [9.17, 15) is 4.79 Å². The van der Waals surface area contributed by atoms with E-state index in [1.54, 1.807) is 10.7 Å². The van der Waals surface area contributed by atoms with Gasteiger partial charge >= 0.3 is 0 Å². The lowest BCUT2D eigenvalue weighted by atomic mass is 9.90. The van der Waals surface area contributed by atoms with Gasteiger partial charge in [0.2, 0.25) is 0 Å². The van der Waals surface area contributed by atoms with Crippen LogP contribution in [0, 0.1) is 0 Å². The number of hydrogen-bond acceptors (Lipinski definition) is 3. The summed E-state index contributed by atoms with van der Waals surface area (Å²) in [6.45, 7) is 3.17. The molecule has 5 heteroatoms. The minimum absolute atomic E-state index is 0.0347. The quantitative estimate of drug-likeness (QED) is 0.894. The van der Waals surface area contributed by atoms with Gasteiger partial charge in [-0.25, -0.2) is 0 Å². The maximum Gasteiger partial charge on any atom is 0.274 e. The lowest BCUT2D eigenvalue weighted by molar-refractivity contribution is 0.0678. The summed E-state index contributed by atoms with van der Waals surface area (Å²) < 4.78 is 1.67. The first-order chi connectivity index (χ1) is 9.11. The fourth-order valence-corrected chi connectivity index (χ4v) is 2.83. The number of aromatic nitrogens is 2. The van der Waals surface area contributed by atoms with E-state index in [1.807, 2.05) is 25.2 Å². The Morgan fingerprint density at radius 3 is 2.68 bits per heavy atom. The minimum atomic E-state index is 0.0347. The monoisotopic (exact) mass is 264 g/mol. The summed E-state index contributed by atoms with van der Waals surface area (Å²) in [5.41, 5.74) is 0.541. The molecule has 0 unspecified atom stereocenters. The molecule has 5 nitrogen and oxygen atoms in total. The molecule has 0 radical (unpaired) electrons. The number of amides is 1. The second-order valence-corrected chi connectivity index (χ2v) is 5.35. The predicted molar refractivity (Wildman–Crippen MR) is 75.0 cm³/mol. The van der Waals surface area contributed by atoms with E-state index in [0.717, 1.165) is 32.2 Å². The van der Waals surface area contributed by atoms with Gasteiger partial charge in [0, 0.05) is 32.4 Å². The average molecular weight is 264 g/mol. The highest BCUT2D eigenvalue weighted by molar-refractivity contribution is 5.92. The molecule has 1 saturated carbocycles. The summed E-state index contributed by atoms with van der Waals surface area (Å²) in [7, 11) is 3.73. The fraction of sp³-hybridized carbons (Fsp3) is 0.714. The van der Waals surface area contributed by atoms with E-state index in [2.05, 4.69) is 17.3 Å². The molecule has 0 atom stereocenters. The minimum Gasteiger partial charge on any atom is -0.337 e. The second-order valence-electron chi connectivity index (χ2n) is 5.35. The molecular weight excluding hydrogens is 240 g/mol. The molecule has 0 bridgehead atoms. The molecule has 0 aromatic carbocycles. The van der Waals surface area contributed by atoms with Gasteiger partial charge < -0.3 is 10.2 Å². The van der Waals surface area contributed by atoms with Crippen molar-refractivity contribution < 1.29 is 4.79 Å². The molecule has 0 saturated heterocycles. The van der Waals surface area contributed by atoms with Crippen LogP contribution >= 0.6 is 0 Å². The predicted octanol–water partition coefficient (Wildman–Crippen LogP) is 1.41. The van der Waals surface area contributed by atoms with Crippen molar-refractivity contribution in [3.05, 3.63) is 18.0 Å². The lowest BCUT2D eigenvalue weighted by Gasteiger charge is -2.34. The second kappa shape index (κ2) is 6.19. The standard InChI is InChI=1S/C14H24N4O/c1-4-15-11-5-7-12(8-6-11)18(3)14(19)13-9-10-17(2)16-13/h9-12,15H,4-8H2,1-3H3. The summed E-state index contributed by atoms with van der Waals surface area (Å²) >= 11 is 0. The number of rotatable bonds is 4. The number of hydrogen-bond donors (Lipinski definition) is 1. The van der Waals surface area contributed by atoms with E-state index >= 15 is 0 Å². The van der Waals surface area contributed by atoms with Gasteiger partial charge in [-0.15, -0.1) is 0 Å². The Kier molecular flexibility index (Phi) is 4.58. The fourth-order valence-electron chi connectivity index (χ4n) is 2.83. The van der Waals surface area contributed by atoms with Crippen molar-refractivity contribution in [2.24, 2.45) is 7.05 Å². The van der Waals surface area contributed by atoms with Gasteiger partial charge in [0.25, 0.3) is 5.91 Å². The van der Waals surface area contributed by atoms with Gasteiger partial charge in [-0.3, -0.25) is 9.48 Å². The molecular formula is C14H24N4O. The van der Waals surface area contributed by atoms with E-state index < -0.39 is 0 Å². The Bertz CT molecular complexity index is 421.